The van der Waals surface area contributed by atoms with Crippen LogP contribution in [0.2, 0.25) is 0 Å². The van der Waals surface area contributed by atoms with Gasteiger partial charge < -0.3 is 52.2 Å². The standard InChI is InChI=1S/C12H25N3O7/c13-3-1-4(14)11(10(20)7(3)17)22-12-9(19)6(15)8(18)5(2-16)21-12/h3-12,16-20H,1-2,13-15H2/t3-,4+,5-,6-,7-,8+,9+,10-,11-,12+/m0/s1. The second kappa shape index (κ2) is 7.01. The highest BCUT2D eigenvalue weighted by molar-refractivity contribution is 4.99. The lowest BCUT2D eigenvalue weighted by Crippen LogP contribution is -2.67. The first-order valence-corrected chi connectivity index (χ1v) is 7.18. The summed E-state index contributed by atoms with van der Waals surface area (Å²) in [4.78, 5) is 0. The molecule has 0 spiro atoms. The van der Waals surface area contributed by atoms with Crippen molar-refractivity contribution in [2.75, 3.05) is 6.61 Å². The summed E-state index contributed by atoms with van der Waals surface area (Å²) in [6, 6.07) is -2.46. The molecular weight excluding hydrogens is 298 g/mol. The van der Waals surface area contributed by atoms with Gasteiger partial charge in [-0.1, -0.05) is 0 Å². The van der Waals surface area contributed by atoms with Crippen LogP contribution in [-0.4, -0.2) is 93.2 Å². The van der Waals surface area contributed by atoms with Crippen LogP contribution in [0.4, 0.5) is 0 Å². The minimum Gasteiger partial charge on any atom is -0.394 e. The zero-order chi connectivity index (χ0) is 16.6. The lowest BCUT2D eigenvalue weighted by molar-refractivity contribution is -0.304. The Morgan fingerprint density at radius 3 is 2.14 bits per heavy atom. The van der Waals surface area contributed by atoms with Gasteiger partial charge in [-0.05, 0) is 6.42 Å². The zero-order valence-electron chi connectivity index (χ0n) is 12.0. The molecule has 0 amide bonds. The highest BCUT2D eigenvalue weighted by atomic mass is 16.7. The van der Waals surface area contributed by atoms with Crippen molar-refractivity contribution in [3.63, 3.8) is 0 Å². The smallest absolute Gasteiger partial charge is 0.186 e. The number of aliphatic hydroxyl groups excluding tert-OH is 5. The molecule has 0 bridgehead atoms. The first-order chi connectivity index (χ1) is 10.3. The van der Waals surface area contributed by atoms with Crippen molar-refractivity contribution in [2.24, 2.45) is 17.2 Å². The van der Waals surface area contributed by atoms with Crippen LogP contribution in [0.5, 0.6) is 0 Å². The molecule has 2 fully saturated rings. The topological polar surface area (TPSA) is 198 Å². The van der Waals surface area contributed by atoms with Crippen LogP contribution in [0.25, 0.3) is 0 Å². The highest BCUT2D eigenvalue weighted by Crippen LogP contribution is 2.27. The van der Waals surface area contributed by atoms with Gasteiger partial charge in [0.25, 0.3) is 0 Å². The highest BCUT2D eigenvalue weighted by Gasteiger charge is 2.48. The van der Waals surface area contributed by atoms with E-state index in [1.165, 1.54) is 0 Å². The summed E-state index contributed by atoms with van der Waals surface area (Å²) in [7, 11) is 0. The van der Waals surface area contributed by atoms with Gasteiger partial charge in [0.1, 0.15) is 30.5 Å². The third-order valence-corrected chi connectivity index (χ3v) is 4.32. The molecule has 10 nitrogen and oxygen atoms in total. The van der Waals surface area contributed by atoms with Crippen molar-refractivity contribution >= 4 is 0 Å². The molecule has 0 radical (unpaired) electrons. The Bertz CT molecular complexity index is 375. The molecule has 1 saturated carbocycles. The number of hydrogen-bond acceptors (Lipinski definition) is 10. The maximum atomic E-state index is 10.0. The van der Waals surface area contributed by atoms with Crippen molar-refractivity contribution in [2.45, 2.75) is 67.5 Å². The van der Waals surface area contributed by atoms with Crippen LogP contribution in [-0.2, 0) is 9.47 Å². The van der Waals surface area contributed by atoms with Crippen LogP contribution in [0.3, 0.4) is 0 Å². The molecule has 10 atom stereocenters. The lowest BCUT2D eigenvalue weighted by Gasteiger charge is -2.45. The Morgan fingerprint density at radius 1 is 0.909 bits per heavy atom. The van der Waals surface area contributed by atoms with E-state index < -0.39 is 67.6 Å². The SMILES string of the molecule is N[C@@H]1[C@@H](O)[C@@H](O[C@@H]2[C@@H](O)[C@@H](O)[C@@H](N)C[C@H]2N)O[C@@H](CO)[C@H]1O. The van der Waals surface area contributed by atoms with E-state index in [1.54, 1.807) is 0 Å². The molecule has 11 N–H and O–H groups in total. The van der Waals surface area contributed by atoms with Gasteiger partial charge in [0, 0.05) is 12.1 Å². The minimum absolute atomic E-state index is 0.212. The Labute approximate surface area is 127 Å². The molecule has 10 heteroatoms. The van der Waals surface area contributed by atoms with E-state index >= 15 is 0 Å². The van der Waals surface area contributed by atoms with E-state index in [0.717, 1.165) is 0 Å². The van der Waals surface area contributed by atoms with Crippen LogP contribution in [0.15, 0.2) is 0 Å². The Morgan fingerprint density at radius 2 is 1.55 bits per heavy atom. The number of ether oxygens (including phenoxy) is 2. The minimum atomic E-state index is -1.38. The zero-order valence-corrected chi connectivity index (χ0v) is 12.0. The Hall–Kier alpha value is -0.400. The van der Waals surface area contributed by atoms with Crippen LogP contribution in [0.1, 0.15) is 6.42 Å². The number of nitrogens with two attached hydrogens (primary N) is 3. The maximum absolute atomic E-state index is 10.0. The van der Waals surface area contributed by atoms with E-state index in [4.69, 9.17) is 31.8 Å². The van der Waals surface area contributed by atoms with Gasteiger partial charge in [-0.2, -0.15) is 0 Å². The summed E-state index contributed by atoms with van der Waals surface area (Å²) in [6.07, 6.45) is -8.38. The van der Waals surface area contributed by atoms with Gasteiger partial charge in [-0.3, -0.25) is 0 Å². The second-order valence-corrected chi connectivity index (χ2v) is 5.93. The average Bonchev–Trinajstić information content (AvgIpc) is 2.49. The number of rotatable bonds is 3. The van der Waals surface area contributed by atoms with Crippen molar-refractivity contribution in [3.05, 3.63) is 0 Å². The summed E-state index contributed by atoms with van der Waals surface area (Å²) in [5.41, 5.74) is 17.2. The van der Waals surface area contributed by atoms with Crippen LogP contribution >= 0.6 is 0 Å². The van der Waals surface area contributed by atoms with Gasteiger partial charge in [0.15, 0.2) is 6.29 Å². The fourth-order valence-corrected chi connectivity index (χ4v) is 2.85. The van der Waals surface area contributed by atoms with Gasteiger partial charge in [-0.15, -0.1) is 0 Å². The van der Waals surface area contributed by atoms with Crippen molar-refractivity contribution in [3.8, 4) is 0 Å². The molecule has 1 aliphatic carbocycles. The predicted octanol–water partition coefficient (Wildman–Crippen LogP) is -5.08. The number of hydrogen-bond donors (Lipinski definition) is 8. The van der Waals surface area contributed by atoms with Crippen LogP contribution < -0.4 is 17.2 Å². The molecule has 2 aliphatic rings. The molecule has 0 aromatic heterocycles. The van der Waals surface area contributed by atoms with Crippen molar-refractivity contribution in [1.29, 1.82) is 0 Å². The Balaban J connectivity index is 2.08. The van der Waals surface area contributed by atoms with Gasteiger partial charge in [-0.25, -0.2) is 0 Å². The molecule has 2 rings (SSSR count). The molecule has 0 aromatic carbocycles. The van der Waals surface area contributed by atoms with Gasteiger partial charge >= 0.3 is 0 Å². The second-order valence-electron chi connectivity index (χ2n) is 5.93. The predicted molar refractivity (Wildman–Crippen MR) is 73.2 cm³/mol. The first kappa shape index (κ1) is 17.9. The van der Waals surface area contributed by atoms with E-state index in [0.29, 0.717) is 0 Å². The van der Waals surface area contributed by atoms with E-state index in [1.807, 2.05) is 0 Å². The molecule has 0 aromatic rings. The average molecular weight is 323 g/mol. The molecule has 1 heterocycles. The Kier molecular flexibility index (Phi) is 5.72. The lowest BCUT2D eigenvalue weighted by atomic mass is 9.84. The third kappa shape index (κ3) is 3.26. The molecule has 1 saturated heterocycles. The van der Waals surface area contributed by atoms with Crippen molar-refractivity contribution in [1.82, 2.24) is 0 Å². The summed E-state index contributed by atoms with van der Waals surface area (Å²) < 4.78 is 10.7. The molecular formula is C12H25N3O7. The van der Waals surface area contributed by atoms with E-state index in [2.05, 4.69) is 0 Å². The van der Waals surface area contributed by atoms with E-state index in [9.17, 15) is 20.4 Å². The molecule has 1 aliphatic heterocycles. The first-order valence-electron chi connectivity index (χ1n) is 7.18. The molecule has 130 valence electrons. The quantitative estimate of drug-likeness (QED) is 0.248. The monoisotopic (exact) mass is 323 g/mol. The van der Waals surface area contributed by atoms with Gasteiger partial charge in [0.2, 0.25) is 0 Å². The summed E-state index contributed by atoms with van der Waals surface area (Å²) >= 11 is 0. The third-order valence-electron chi connectivity index (χ3n) is 4.32. The fourth-order valence-electron chi connectivity index (χ4n) is 2.85. The summed E-state index contributed by atoms with van der Waals surface area (Å²) in [5, 5.41) is 48.8. The van der Waals surface area contributed by atoms with Crippen LogP contribution in [0, 0.1) is 0 Å². The summed E-state index contributed by atoms with van der Waals surface area (Å²) in [5.74, 6) is 0. The normalized spacial score (nSPS) is 53.5. The molecule has 22 heavy (non-hydrogen) atoms. The van der Waals surface area contributed by atoms with E-state index in [-0.39, 0.29) is 6.42 Å². The van der Waals surface area contributed by atoms with Gasteiger partial charge in [0.05, 0.1) is 18.8 Å². The largest absolute Gasteiger partial charge is 0.394 e. The van der Waals surface area contributed by atoms with Crippen molar-refractivity contribution < 1.29 is 35.0 Å². The summed E-state index contributed by atoms with van der Waals surface area (Å²) in [6.45, 7) is -0.520. The maximum Gasteiger partial charge on any atom is 0.186 e. The number of aliphatic hydroxyl groups is 5. The fraction of sp³-hybridized carbons (Fsp3) is 1.00. The molecule has 0 unspecified atom stereocenters.